The normalized spacial score (nSPS) is 19.0. The van der Waals surface area contributed by atoms with E-state index in [1.54, 1.807) is 15.2 Å². The number of nitrogens with zero attached hydrogens (tertiary/aromatic N) is 6. The summed E-state index contributed by atoms with van der Waals surface area (Å²) in [6, 6.07) is 18.0. The molecule has 4 aromatic rings. The lowest BCUT2D eigenvalue weighted by molar-refractivity contribution is -0.125. The molecule has 3 fully saturated rings. The van der Waals surface area contributed by atoms with E-state index in [1.165, 1.54) is 32.0 Å². The minimum Gasteiger partial charge on any atom is -0.457 e. The molecule has 1 unspecified atom stereocenters. The third-order valence-corrected chi connectivity index (χ3v) is 8.20. The van der Waals surface area contributed by atoms with E-state index in [4.69, 9.17) is 10.5 Å². The standard InChI is InChI=1S/C31H33N7O3/c32-29-28-30(34-20-33-29)38(31(40)37(28)23-12-14-26(15-13-23)41-25-5-2-1-3-6-25)24-16-18-35(19-24)27(39)7-4-17-36(21-8-9-21)22-10-11-22/h1-7,12-15,20-22,24H,8-11,16-19H2,(H2,32,33,34)/b7-4+. The number of carbonyl (C=O) groups is 1. The number of hydrogen-bond acceptors (Lipinski definition) is 7. The summed E-state index contributed by atoms with van der Waals surface area (Å²) in [6.07, 6.45) is 10.8. The van der Waals surface area contributed by atoms with E-state index in [0.29, 0.717) is 54.2 Å². The highest BCUT2D eigenvalue weighted by molar-refractivity contribution is 5.88. The summed E-state index contributed by atoms with van der Waals surface area (Å²) in [7, 11) is 0. The molecule has 0 spiro atoms. The molecule has 210 valence electrons. The molecular formula is C31H33N7O3. The number of fused-ring (bicyclic) bond motifs is 1. The van der Waals surface area contributed by atoms with Crippen molar-refractivity contribution < 1.29 is 9.53 Å². The number of likely N-dealkylation sites (tertiary alicyclic amines) is 1. The van der Waals surface area contributed by atoms with Gasteiger partial charge in [-0.2, -0.15) is 0 Å². The van der Waals surface area contributed by atoms with Gasteiger partial charge >= 0.3 is 5.69 Å². The van der Waals surface area contributed by atoms with Gasteiger partial charge in [0.1, 0.15) is 23.3 Å². The molecular weight excluding hydrogens is 518 g/mol. The molecule has 2 aliphatic carbocycles. The predicted octanol–water partition coefficient (Wildman–Crippen LogP) is 3.91. The molecule has 7 rings (SSSR count). The number of nitrogen functional groups attached to an aromatic ring is 1. The van der Waals surface area contributed by atoms with Crippen LogP contribution in [0.3, 0.4) is 0 Å². The first kappa shape index (κ1) is 25.5. The quantitative estimate of drug-likeness (QED) is 0.314. The van der Waals surface area contributed by atoms with E-state index in [-0.39, 0.29) is 23.5 Å². The lowest BCUT2D eigenvalue weighted by Gasteiger charge is -2.19. The van der Waals surface area contributed by atoms with Crippen LogP contribution in [0.25, 0.3) is 16.9 Å². The van der Waals surface area contributed by atoms with Gasteiger partial charge in [0.2, 0.25) is 5.91 Å². The van der Waals surface area contributed by atoms with Crippen molar-refractivity contribution in [3.8, 4) is 17.2 Å². The first-order chi connectivity index (χ1) is 20.1. The summed E-state index contributed by atoms with van der Waals surface area (Å²) in [6.45, 7) is 1.84. The van der Waals surface area contributed by atoms with Crippen molar-refractivity contribution in [3.63, 3.8) is 0 Å². The van der Waals surface area contributed by atoms with E-state index in [0.717, 1.165) is 12.3 Å². The highest BCUT2D eigenvalue weighted by Crippen LogP contribution is 2.37. The fourth-order valence-corrected chi connectivity index (χ4v) is 5.87. The largest absolute Gasteiger partial charge is 0.457 e. The molecule has 0 radical (unpaired) electrons. The average molecular weight is 552 g/mol. The van der Waals surface area contributed by atoms with Crippen LogP contribution in [0.2, 0.25) is 0 Å². The van der Waals surface area contributed by atoms with Crippen molar-refractivity contribution in [2.45, 2.75) is 50.2 Å². The molecule has 2 aromatic heterocycles. The second-order valence-electron chi connectivity index (χ2n) is 11.1. The Balaban J connectivity index is 1.12. The Hall–Kier alpha value is -4.44. The number of anilines is 1. The van der Waals surface area contributed by atoms with E-state index < -0.39 is 0 Å². The number of ether oxygens (including phenoxy) is 1. The zero-order chi connectivity index (χ0) is 27.9. The van der Waals surface area contributed by atoms with Crippen LogP contribution in [-0.2, 0) is 4.79 Å². The predicted molar refractivity (Wildman–Crippen MR) is 156 cm³/mol. The van der Waals surface area contributed by atoms with E-state index in [1.807, 2.05) is 65.6 Å². The Labute approximate surface area is 237 Å². The second-order valence-corrected chi connectivity index (χ2v) is 11.1. The lowest BCUT2D eigenvalue weighted by atomic mass is 10.2. The van der Waals surface area contributed by atoms with Gasteiger partial charge in [-0.1, -0.05) is 24.3 Å². The number of rotatable bonds is 9. The molecule has 10 heteroatoms. The summed E-state index contributed by atoms with van der Waals surface area (Å²) in [5, 5.41) is 0. The number of para-hydroxylation sites is 1. The van der Waals surface area contributed by atoms with E-state index >= 15 is 0 Å². The molecule has 1 atom stereocenters. The summed E-state index contributed by atoms with van der Waals surface area (Å²) in [4.78, 5) is 39.9. The average Bonchev–Trinajstić information content (AvgIpc) is 3.92. The molecule has 10 nitrogen and oxygen atoms in total. The maximum Gasteiger partial charge on any atom is 0.335 e. The van der Waals surface area contributed by atoms with Crippen molar-refractivity contribution in [2.75, 3.05) is 25.4 Å². The molecule has 0 bridgehead atoms. The highest BCUT2D eigenvalue weighted by Gasteiger charge is 2.38. The third kappa shape index (κ3) is 5.11. The van der Waals surface area contributed by atoms with Gasteiger partial charge in [-0.25, -0.2) is 14.8 Å². The van der Waals surface area contributed by atoms with Crippen LogP contribution in [0.4, 0.5) is 5.82 Å². The Bertz CT molecular complexity index is 1640. The van der Waals surface area contributed by atoms with Crippen LogP contribution in [-0.4, -0.2) is 66.5 Å². The molecule has 1 aliphatic heterocycles. The van der Waals surface area contributed by atoms with Gasteiger partial charge in [-0.3, -0.25) is 18.8 Å². The van der Waals surface area contributed by atoms with Crippen LogP contribution in [0.15, 0.2) is 77.9 Å². The van der Waals surface area contributed by atoms with Gasteiger partial charge in [0.25, 0.3) is 0 Å². The van der Waals surface area contributed by atoms with Crippen LogP contribution in [0.5, 0.6) is 11.5 Å². The molecule has 41 heavy (non-hydrogen) atoms. The van der Waals surface area contributed by atoms with Gasteiger partial charge in [-0.05, 0) is 68.5 Å². The van der Waals surface area contributed by atoms with Gasteiger partial charge in [0.05, 0.1) is 11.7 Å². The second kappa shape index (κ2) is 10.5. The van der Waals surface area contributed by atoms with Gasteiger partial charge < -0.3 is 15.4 Å². The summed E-state index contributed by atoms with van der Waals surface area (Å²) in [5.41, 5.74) is 7.58. The topological polar surface area (TPSA) is 112 Å². The van der Waals surface area contributed by atoms with Crippen LogP contribution < -0.4 is 16.2 Å². The monoisotopic (exact) mass is 551 g/mol. The van der Waals surface area contributed by atoms with Crippen molar-refractivity contribution in [3.05, 3.63) is 83.6 Å². The fourth-order valence-electron chi connectivity index (χ4n) is 5.87. The number of hydrogen-bond donors (Lipinski definition) is 1. The summed E-state index contributed by atoms with van der Waals surface area (Å²) < 4.78 is 9.13. The maximum absolute atomic E-state index is 13.9. The molecule has 2 aromatic carbocycles. The molecule has 2 N–H and O–H groups in total. The minimum absolute atomic E-state index is 0.0148. The highest BCUT2D eigenvalue weighted by atomic mass is 16.5. The maximum atomic E-state index is 13.9. The zero-order valence-corrected chi connectivity index (χ0v) is 22.8. The Morgan fingerprint density at radius 3 is 2.39 bits per heavy atom. The van der Waals surface area contributed by atoms with E-state index in [9.17, 15) is 9.59 Å². The Morgan fingerprint density at radius 2 is 1.68 bits per heavy atom. The first-order valence-electron chi connectivity index (χ1n) is 14.3. The van der Waals surface area contributed by atoms with Crippen molar-refractivity contribution in [1.29, 1.82) is 0 Å². The van der Waals surface area contributed by atoms with Crippen molar-refractivity contribution in [2.24, 2.45) is 0 Å². The van der Waals surface area contributed by atoms with Gasteiger partial charge in [-0.15, -0.1) is 0 Å². The lowest BCUT2D eigenvalue weighted by Crippen LogP contribution is -2.31. The number of imidazole rings is 1. The molecule has 1 saturated heterocycles. The fraction of sp³-hybridized carbons (Fsp3) is 0.355. The van der Waals surface area contributed by atoms with Crippen molar-refractivity contribution >= 4 is 22.9 Å². The Morgan fingerprint density at radius 1 is 0.976 bits per heavy atom. The summed E-state index contributed by atoms with van der Waals surface area (Å²) in [5.74, 6) is 1.58. The van der Waals surface area contributed by atoms with Crippen molar-refractivity contribution in [1.82, 2.24) is 28.9 Å². The first-order valence-corrected chi connectivity index (χ1v) is 14.3. The minimum atomic E-state index is -0.261. The number of benzene rings is 2. The van der Waals surface area contributed by atoms with Gasteiger partial charge in [0.15, 0.2) is 11.5 Å². The van der Waals surface area contributed by atoms with Crippen LogP contribution in [0, 0.1) is 0 Å². The number of aromatic nitrogens is 4. The molecule has 2 saturated carbocycles. The third-order valence-electron chi connectivity index (χ3n) is 8.20. The smallest absolute Gasteiger partial charge is 0.335 e. The number of amides is 1. The number of nitrogens with two attached hydrogens (primary N) is 1. The molecule has 1 amide bonds. The van der Waals surface area contributed by atoms with Crippen LogP contribution in [0.1, 0.15) is 38.1 Å². The van der Waals surface area contributed by atoms with Crippen LogP contribution >= 0.6 is 0 Å². The molecule has 3 aliphatic rings. The van der Waals surface area contributed by atoms with E-state index in [2.05, 4.69) is 14.9 Å². The SMILES string of the molecule is Nc1ncnc2c1n(-c1ccc(Oc3ccccc3)cc1)c(=O)n2C1CCN(C(=O)/C=C/CN(C2CC2)C2CC2)C1. The Kier molecular flexibility index (Phi) is 6.54. The number of carbonyl (C=O) groups excluding carboxylic acids is 1. The zero-order valence-electron chi connectivity index (χ0n) is 22.8. The van der Waals surface area contributed by atoms with Gasteiger partial charge in [0, 0.05) is 37.8 Å². The summed E-state index contributed by atoms with van der Waals surface area (Å²) >= 11 is 0. The molecule has 3 heterocycles.